The second-order valence-corrected chi connectivity index (χ2v) is 3.32. The highest BCUT2D eigenvalue weighted by molar-refractivity contribution is 9.10. The van der Waals surface area contributed by atoms with E-state index in [0.29, 0.717) is 10.3 Å². The number of hydrogen-bond acceptors (Lipinski definition) is 2. The van der Waals surface area contributed by atoms with Gasteiger partial charge in [0.1, 0.15) is 4.60 Å². The summed E-state index contributed by atoms with van der Waals surface area (Å²) in [5, 5.41) is 2.82. The van der Waals surface area contributed by atoms with Gasteiger partial charge in [-0.3, -0.25) is 4.79 Å². The summed E-state index contributed by atoms with van der Waals surface area (Å²) in [7, 11) is 0. The van der Waals surface area contributed by atoms with E-state index < -0.39 is 0 Å². The smallest absolute Gasteiger partial charge is 0.221 e. The molecule has 64 valence electrons. The summed E-state index contributed by atoms with van der Waals surface area (Å²) >= 11 is 8.87. The quantitative estimate of drug-likeness (QED) is 0.777. The first-order chi connectivity index (χ1) is 5.59. The fraction of sp³-hybridized carbons (Fsp3) is 0.143. The van der Waals surface area contributed by atoms with Crippen LogP contribution in [0, 0.1) is 0 Å². The van der Waals surface area contributed by atoms with Gasteiger partial charge < -0.3 is 5.32 Å². The number of nitrogens with zero attached hydrogens (tertiary/aromatic N) is 1. The van der Waals surface area contributed by atoms with E-state index in [9.17, 15) is 4.79 Å². The van der Waals surface area contributed by atoms with Crippen LogP contribution in [0.1, 0.15) is 6.92 Å². The highest BCUT2D eigenvalue weighted by atomic mass is 79.9. The number of rotatable bonds is 1. The molecule has 1 amide bonds. The van der Waals surface area contributed by atoms with Crippen molar-refractivity contribution in [3.8, 4) is 0 Å². The van der Waals surface area contributed by atoms with Gasteiger partial charge >= 0.3 is 0 Å². The zero-order valence-electron chi connectivity index (χ0n) is 6.27. The molecule has 0 bridgehead atoms. The number of pyridine rings is 1. The molecule has 12 heavy (non-hydrogen) atoms. The first kappa shape index (κ1) is 9.48. The number of carbonyl (C=O) groups excluding carboxylic acids is 1. The van der Waals surface area contributed by atoms with Crippen LogP contribution in [0.15, 0.2) is 16.7 Å². The van der Waals surface area contributed by atoms with E-state index in [0.717, 1.165) is 0 Å². The van der Waals surface area contributed by atoms with Gasteiger partial charge in [0.2, 0.25) is 5.91 Å². The monoisotopic (exact) mass is 248 g/mol. The zero-order valence-corrected chi connectivity index (χ0v) is 8.61. The Labute approximate surface area is 83.3 Å². The number of anilines is 1. The highest BCUT2D eigenvalue weighted by Crippen LogP contribution is 2.21. The molecular formula is C7H6BrClN2O. The van der Waals surface area contributed by atoms with E-state index in [1.165, 1.54) is 6.92 Å². The number of carbonyl (C=O) groups is 1. The van der Waals surface area contributed by atoms with E-state index >= 15 is 0 Å². The Morgan fingerprint density at radius 1 is 1.67 bits per heavy atom. The highest BCUT2D eigenvalue weighted by Gasteiger charge is 2.02. The minimum absolute atomic E-state index is 0.166. The van der Waals surface area contributed by atoms with E-state index in [4.69, 9.17) is 11.6 Å². The molecular weight excluding hydrogens is 243 g/mol. The molecule has 0 aromatic carbocycles. The Kier molecular flexibility index (Phi) is 3.05. The van der Waals surface area contributed by atoms with Crippen LogP contribution in [-0.2, 0) is 4.79 Å². The van der Waals surface area contributed by atoms with Crippen LogP contribution in [0.3, 0.4) is 0 Å². The number of nitrogens with one attached hydrogen (secondary N) is 1. The zero-order chi connectivity index (χ0) is 9.14. The molecule has 1 rings (SSSR count). The van der Waals surface area contributed by atoms with Crippen molar-refractivity contribution in [1.29, 1.82) is 0 Å². The van der Waals surface area contributed by atoms with Crippen molar-refractivity contribution >= 4 is 39.1 Å². The average molecular weight is 249 g/mol. The van der Waals surface area contributed by atoms with Gasteiger partial charge in [0, 0.05) is 6.92 Å². The van der Waals surface area contributed by atoms with Crippen molar-refractivity contribution in [2.24, 2.45) is 0 Å². The lowest BCUT2D eigenvalue weighted by molar-refractivity contribution is -0.114. The Morgan fingerprint density at radius 3 is 2.83 bits per heavy atom. The summed E-state index contributed by atoms with van der Waals surface area (Å²) in [4.78, 5) is 14.5. The minimum atomic E-state index is -0.166. The topological polar surface area (TPSA) is 42.0 Å². The van der Waals surface area contributed by atoms with Gasteiger partial charge in [0.15, 0.2) is 5.15 Å². The number of hydrogen-bond donors (Lipinski definition) is 1. The summed E-state index contributed by atoms with van der Waals surface area (Å²) in [6.45, 7) is 1.42. The SMILES string of the molecule is CC(=O)Nc1ccc(Br)nc1Cl. The largest absolute Gasteiger partial charge is 0.324 e. The molecule has 1 N–H and O–H groups in total. The Morgan fingerprint density at radius 2 is 2.33 bits per heavy atom. The number of aromatic nitrogens is 1. The Balaban J connectivity index is 2.93. The van der Waals surface area contributed by atoms with Crippen LogP contribution in [0.25, 0.3) is 0 Å². The lowest BCUT2D eigenvalue weighted by Gasteiger charge is -2.02. The maximum atomic E-state index is 10.6. The molecule has 0 radical (unpaired) electrons. The van der Waals surface area contributed by atoms with Gasteiger partial charge in [-0.15, -0.1) is 0 Å². The summed E-state index contributed by atoms with van der Waals surface area (Å²) in [5.74, 6) is -0.166. The van der Waals surface area contributed by atoms with Crippen molar-refractivity contribution in [2.45, 2.75) is 6.92 Å². The molecule has 0 atom stereocenters. The Hall–Kier alpha value is -0.610. The van der Waals surface area contributed by atoms with Gasteiger partial charge in [-0.2, -0.15) is 0 Å². The maximum Gasteiger partial charge on any atom is 0.221 e. The third-order valence-electron chi connectivity index (χ3n) is 1.13. The predicted molar refractivity (Wildman–Crippen MR) is 51.3 cm³/mol. The molecule has 1 aromatic heterocycles. The lowest BCUT2D eigenvalue weighted by Crippen LogP contribution is -2.06. The van der Waals surface area contributed by atoms with Crippen molar-refractivity contribution in [2.75, 3.05) is 5.32 Å². The van der Waals surface area contributed by atoms with Gasteiger partial charge in [0.05, 0.1) is 5.69 Å². The van der Waals surface area contributed by atoms with Crippen LogP contribution in [0.5, 0.6) is 0 Å². The molecule has 0 saturated carbocycles. The van der Waals surface area contributed by atoms with Crippen molar-refractivity contribution in [3.63, 3.8) is 0 Å². The third kappa shape index (κ3) is 2.46. The summed E-state index contributed by atoms with van der Waals surface area (Å²) in [5.41, 5.74) is 0.521. The molecule has 5 heteroatoms. The van der Waals surface area contributed by atoms with Crippen molar-refractivity contribution in [1.82, 2.24) is 4.98 Å². The van der Waals surface area contributed by atoms with E-state index in [1.54, 1.807) is 12.1 Å². The van der Waals surface area contributed by atoms with Gasteiger partial charge in [0.25, 0.3) is 0 Å². The molecule has 0 aliphatic heterocycles. The van der Waals surface area contributed by atoms with Gasteiger partial charge in [-0.05, 0) is 28.1 Å². The van der Waals surface area contributed by atoms with Crippen LogP contribution < -0.4 is 5.32 Å². The number of halogens is 2. The van der Waals surface area contributed by atoms with E-state index in [1.807, 2.05) is 0 Å². The fourth-order valence-corrected chi connectivity index (χ4v) is 1.31. The normalized spacial score (nSPS) is 9.58. The van der Waals surface area contributed by atoms with E-state index in [-0.39, 0.29) is 11.1 Å². The second-order valence-electron chi connectivity index (χ2n) is 2.15. The van der Waals surface area contributed by atoms with E-state index in [2.05, 4.69) is 26.2 Å². The molecule has 0 unspecified atom stereocenters. The first-order valence-electron chi connectivity index (χ1n) is 3.19. The number of amides is 1. The maximum absolute atomic E-state index is 10.6. The van der Waals surface area contributed by atoms with Crippen LogP contribution in [-0.4, -0.2) is 10.9 Å². The molecule has 1 aromatic rings. The fourth-order valence-electron chi connectivity index (χ4n) is 0.695. The molecule has 0 aliphatic carbocycles. The van der Waals surface area contributed by atoms with Crippen molar-refractivity contribution < 1.29 is 4.79 Å². The molecule has 0 spiro atoms. The summed E-state index contributed by atoms with van der Waals surface area (Å²) < 4.78 is 0.640. The van der Waals surface area contributed by atoms with Gasteiger partial charge in [-0.25, -0.2) is 4.98 Å². The molecule has 0 aliphatic rings. The average Bonchev–Trinajstić information content (AvgIpc) is 1.94. The molecule has 3 nitrogen and oxygen atoms in total. The van der Waals surface area contributed by atoms with Crippen molar-refractivity contribution in [3.05, 3.63) is 21.9 Å². The standard InChI is InChI=1S/C7H6BrClN2O/c1-4(12)10-5-2-3-6(8)11-7(5)9/h2-3H,1H3,(H,10,12). The molecule has 0 fully saturated rings. The lowest BCUT2D eigenvalue weighted by atomic mass is 10.4. The molecule has 0 saturated heterocycles. The van der Waals surface area contributed by atoms with Gasteiger partial charge in [-0.1, -0.05) is 11.6 Å². The predicted octanol–water partition coefficient (Wildman–Crippen LogP) is 2.46. The van der Waals surface area contributed by atoms with Crippen LogP contribution >= 0.6 is 27.5 Å². The summed E-state index contributed by atoms with van der Waals surface area (Å²) in [6, 6.07) is 3.39. The second kappa shape index (κ2) is 3.87. The van der Waals surface area contributed by atoms with Crippen LogP contribution in [0.2, 0.25) is 5.15 Å². The first-order valence-corrected chi connectivity index (χ1v) is 4.36. The summed E-state index contributed by atoms with van der Waals surface area (Å²) in [6.07, 6.45) is 0. The third-order valence-corrected chi connectivity index (χ3v) is 1.86. The minimum Gasteiger partial charge on any atom is -0.324 e. The molecule has 1 heterocycles. The Bertz CT molecular complexity index is 316. The van der Waals surface area contributed by atoms with Crippen LogP contribution in [0.4, 0.5) is 5.69 Å².